The Bertz CT molecular complexity index is 680. The van der Waals surface area contributed by atoms with Crippen LogP contribution in [0.25, 0.3) is 0 Å². The number of aromatic carboxylic acids is 1. The molecule has 2 aromatic rings. The van der Waals surface area contributed by atoms with Crippen molar-refractivity contribution in [3.63, 3.8) is 0 Å². The molecule has 0 spiro atoms. The summed E-state index contributed by atoms with van der Waals surface area (Å²) in [5, 5.41) is 13.4. The predicted molar refractivity (Wildman–Crippen MR) is 82.8 cm³/mol. The molecular formula is C15H17BrN2O3. The van der Waals surface area contributed by atoms with Gasteiger partial charge in [0, 0.05) is 6.54 Å². The molecule has 0 aliphatic carbocycles. The second-order valence-electron chi connectivity index (χ2n) is 4.74. The van der Waals surface area contributed by atoms with Gasteiger partial charge in [0.15, 0.2) is 0 Å². The molecule has 0 fully saturated rings. The maximum atomic E-state index is 10.9. The number of carbonyl (C=O) groups is 1. The van der Waals surface area contributed by atoms with Crippen LogP contribution < -0.4 is 4.74 Å². The van der Waals surface area contributed by atoms with E-state index >= 15 is 0 Å². The van der Waals surface area contributed by atoms with Gasteiger partial charge in [-0.15, -0.1) is 0 Å². The third-order valence-corrected chi connectivity index (χ3v) is 4.27. The van der Waals surface area contributed by atoms with Crippen LogP contribution in [0, 0.1) is 13.8 Å². The summed E-state index contributed by atoms with van der Waals surface area (Å²) in [7, 11) is 0. The van der Waals surface area contributed by atoms with E-state index in [4.69, 9.17) is 9.84 Å². The summed E-state index contributed by atoms with van der Waals surface area (Å²) < 4.78 is 8.65. The number of aromatic nitrogens is 2. The van der Waals surface area contributed by atoms with Crippen molar-refractivity contribution < 1.29 is 14.6 Å². The van der Waals surface area contributed by atoms with E-state index in [-0.39, 0.29) is 5.56 Å². The Labute approximate surface area is 131 Å². The lowest BCUT2D eigenvalue weighted by Gasteiger charge is -2.11. The Morgan fingerprint density at radius 1 is 1.43 bits per heavy atom. The highest BCUT2D eigenvalue weighted by atomic mass is 79.9. The number of halogens is 1. The fourth-order valence-electron chi connectivity index (χ4n) is 2.10. The van der Waals surface area contributed by atoms with Gasteiger partial charge in [-0.3, -0.25) is 4.68 Å². The van der Waals surface area contributed by atoms with Crippen LogP contribution in [0.3, 0.4) is 0 Å². The topological polar surface area (TPSA) is 64.4 Å². The van der Waals surface area contributed by atoms with Crippen LogP contribution in [0.5, 0.6) is 5.75 Å². The van der Waals surface area contributed by atoms with Crippen molar-refractivity contribution in [1.29, 1.82) is 0 Å². The molecule has 1 N–H and O–H groups in total. The molecule has 0 radical (unpaired) electrons. The average Bonchev–Trinajstić information content (AvgIpc) is 2.72. The Balaban J connectivity index is 2.19. The van der Waals surface area contributed by atoms with Crippen LogP contribution in [0.1, 0.15) is 34.2 Å². The first-order valence-corrected chi connectivity index (χ1v) is 7.41. The van der Waals surface area contributed by atoms with E-state index in [1.165, 1.54) is 0 Å². The van der Waals surface area contributed by atoms with Crippen LogP contribution in [-0.2, 0) is 13.2 Å². The van der Waals surface area contributed by atoms with Gasteiger partial charge in [-0.1, -0.05) is 0 Å². The van der Waals surface area contributed by atoms with Gasteiger partial charge in [-0.25, -0.2) is 4.79 Å². The van der Waals surface area contributed by atoms with Crippen molar-refractivity contribution in [2.24, 2.45) is 0 Å². The fourth-order valence-corrected chi connectivity index (χ4v) is 2.50. The van der Waals surface area contributed by atoms with Gasteiger partial charge in [0.05, 0.1) is 21.4 Å². The summed E-state index contributed by atoms with van der Waals surface area (Å²) in [5.41, 5.74) is 2.95. The minimum Gasteiger partial charge on any atom is -0.487 e. The van der Waals surface area contributed by atoms with Crippen LogP contribution in [0.15, 0.2) is 22.7 Å². The van der Waals surface area contributed by atoms with Gasteiger partial charge in [0.2, 0.25) is 0 Å². The summed E-state index contributed by atoms with van der Waals surface area (Å²) >= 11 is 3.52. The molecule has 2 rings (SSSR count). The minimum atomic E-state index is -0.938. The molecule has 6 heteroatoms. The number of ether oxygens (including phenoxy) is 1. The summed E-state index contributed by atoms with van der Waals surface area (Å²) in [6.07, 6.45) is 0. The molecular weight excluding hydrogens is 336 g/mol. The lowest BCUT2D eigenvalue weighted by molar-refractivity contribution is 0.0696. The third-order valence-electron chi connectivity index (χ3n) is 3.24. The summed E-state index contributed by atoms with van der Waals surface area (Å²) in [6, 6.07) is 4.84. The SMILES string of the molecule is CCn1nc(C)c(Br)c1COc1ccc(C(=O)O)cc1C. The highest BCUT2D eigenvalue weighted by molar-refractivity contribution is 9.10. The number of rotatable bonds is 5. The van der Waals surface area contributed by atoms with E-state index in [1.54, 1.807) is 18.2 Å². The van der Waals surface area contributed by atoms with Gasteiger partial charge >= 0.3 is 5.97 Å². The van der Waals surface area contributed by atoms with Crippen molar-refractivity contribution in [2.75, 3.05) is 0 Å². The zero-order valence-corrected chi connectivity index (χ0v) is 13.8. The zero-order valence-electron chi connectivity index (χ0n) is 12.2. The molecule has 0 atom stereocenters. The van der Waals surface area contributed by atoms with Crippen molar-refractivity contribution in [1.82, 2.24) is 9.78 Å². The van der Waals surface area contributed by atoms with E-state index in [0.717, 1.165) is 28.0 Å². The number of nitrogens with zero attached hydrogens (tertiary/aromatic N) is 2. The van der Waals surface area contributed by atoms with Gasteiger partial charge in [-0.05, 0) is 60.5 Å². The molecule has 1 heterocycles. The molecule has 1 aromatic heterocycles. The van der Waals surface area contributed by atoms with Gasteiger partial charge < -0.3 is 9.84 Å². The molecule has 0 aliphatic rings. The maximum absolute atomic E-state index is 10.9. The highest BCUT2D eigenvalue weighted by Gasteiger charge is 2.13. The van der Waals surface area contributed by atoms with E-state index in [9.17, 15) is 4.79 Å². The lowest BCUT2D eigenvalue weighted by Crippen LogP contribution is -2.07. The van der Waals surface area contributed by atoms with Crippen molar-refractivity contribution in [3.05, 3.63) is 45.2 Å². The van der Waals surface area contributed by atoms with Crippen LogP contribution in [-0.4, -0.2) is 20.9 Å². The monoisotopic (exact) mass is 352 g/mol. The van der Waals surface area contributed by atoms with E-state index in [2.05, 4.69) is 21.0 Å². The standard InChI is InChI=1S/C15H17BrN2O3/c1-4-18-12(14(16)10(3)17-18)8-21-13-6-5-11(15(19)20)7-9(13)2/h5-7H,4,8H2,1-3H3,(H,19,20). The Morgan fingerprint density at radius 2 is 2.14 bits per heavy atom. The second kappa shape index (κ2) is 6.30. The number of hydrogen-bond donors (Lipinski definition) is 1. The summed E-state index contributed by atoms with van der Waals surface area (Å²) in [4.78, 5) is 10.9. The van der Waals surface area contributed by atoms with Gasteiger partial charge in [-0.2, -0.15) is 5.10 Å². The van der Waals surface area contributed by atoms with Crippen molar-refractivity contribution in [2.45, 2.75) is 33.9 Å². The Morgan fingerprint density at radius 3 is 2.71 bits per heavy atom. The molecule has 0 unspecified atom stereocenters. The predicted octanol–water partition coefficient (Wildman–Crippen LogP) is 3.56. The quantitative estimate of drug-likeness (QED) is 0.893. The molecule has 0 saturated carbocycles. The first kappa shape index (κ1) is 15.6. The van der Waals surface area contributed by atoms with Crippen LogP contribution in [0.4, 0.5) is 0 Å². The maximum Gasteiger partial charge on any atom is 0.335 e. The number of carboxylic acid groups (broad SMARTS) is 1. The smallest absolute Gasteiger partial charge is 0.335 e. The van der Waals surface area contributed by atoms with Gasteiger partial charge in [0.1, 0.15) is 12.4 Å². The third kappa shape index (κ3) is 3.26. The first-order valence-electron chi connectivity index (χ1n) is 6.62. The largest absolute Gasteiger partial charge is 0.487 e. The molecule has 1 aromatic carbocycles. The average molecular weight is 353 g/mol. The molecule has 0 saturated heterocycles. The number of benzene rings is 1. The number of aryl methyl sites for hydroxylation is 3. The highest BCUT2D eigenvalue weighted by Crippen LogP contribution is 2.25. The number of carboxylic acids is 1. The normalized spacial score (nSPS) is 10.7. The van der Waals surface area contributed by atoms with E-state index < -0.39 is 5.97 Å². The minimum absolute atomic E-state index is 0.260. The van der Waals surface area contributed by atoms with Crippen LogP contribution in [0.2, 0.25) is 0 Å². The molecule has 5 nitrogen and oxygen atoms in total. The zero-order chi connectivity index (χ0) is 15.6. The molecule has 0 aliphatic heterocycles. The molecule has 0 bridgehead atoms. The molecule has 0 amide bonds. The summed E-state index contributed by atoms with van der Waals surface area (Å²) in [6.45, 7) is 6.94. The molecule has 112 valence electrons. The second-order valence-corrected chi connectivity index (χ2v) is 5.53. The lowest BCUT2D eigenvalue weighted by atomic mass is 10.1. The van der Waals surface area contributed by atoms with Crippen molar-refractivity contribution in [3.8, 4) is 5.75 Å². The van der Waals surface area contributed by atoms with E-state index in [1.807, 2.05) is 25.5 Å². The molecule has 21 heavy (non-hydrogen) atoms. The Hall–Kier alpha value is -1.82. The van der Waals surface area contributed by atoms with Gasteiger partial charge in [0.25, 0.3) is 0 Å². The first-order chi connectivity index (χ1) is 9.93. The number of hydrogen-bond acceptors (Lipinski definition) is 3. The van der Waals surface area contributed by atoms with Crippen molar-refractivity contribution >= 4 is 21.9 Å². The summed E-state index contributed by atoms with van der Waals surface area (Å²) in [5.74, 6) is -0.263. The van der Waals surface area contributed by atoms with E-state index in [0.29, 0.717) is 12.4 Å². The fraction of sp³-hybridized carbons (Fsp3) is 0.333. The van der Waals surface area contributed by atoms with Crippen LogP contribution >= 0.6 is 15.9 Å². The Kier molecular flexibility index (Phi) is 4.67.